The molecule has 1 amide bonds. The van der Waals surface area contributed by atoms with Gasteiger partial charge in [0.15, 0.2) is 0 Å². The maximum atomic E-state index is 12.3. The zero-order chi connectivity index (χ0) is 22.5. The molecule has 162 valence electrons. The monoisotopic (exact) mass is 445 g/mol. The lowest BCUT2D eigenvalue weighted by Gasteiger charge is -2.10. The van der Waals surface area contributed by atoms with Crippen molar-refractivity contribution in [3.8, 4) is 22.7 Å². The molecule has 2 aromatic heterocycles. The van der Waals surface area contributed by atoms with Crippen molar-refractivity contribution in [1.29, 1.82) is 0 Å². The van der Waals surface area contributed by atoms with E-state index in [4.69, 9.17) is 9.84 Å². The van der Waals surface area contributed by atoms with Gasteiger partial charge in [-0.05, 0) is 47.7 Å². The Hall–Kier alpha value is -3.71. The minimum absolute atomic E-state index is 0.142. The summed E-state index contributed by atoms with van der Waals surface area (Å²) in [6.07, 6.45) is 1.63. The Bertz CT molecular complexity index is 1210. The molecule has 0 saturated heterocycles. The molecule has 2 aromatic carbocycles. The summed E-state index contributed by atoms with van der Waals surface area (Å²) in [7, 11) is 0. The van der Waals surface area contributed by atoms with Gasteiger partial charge in [0, 0.05) is 12.6 Å². The Morgan fingerprint density at radius 2 is 1.78 bits per heavy atom. The maximum Gasteiger partial charge on any atom is 0.309 e. The molecular formula is C25H23N3O3S. The van der Waals surface area contributed by atoms with E-state index in [2.05, 4.69) is 12.2 Å². The lowest BCUT2D eigenvalue weighted by Crippen LogP contribution is -2.10. The standard InChI is InChI=1S/C25H23N3O3S/c1-3-8-21-23(25(31-17(2)29)28(27-21)20-9-5-4-6-10-20)18-12-14-19(15-13-18)26-24(30)22-11-7-16-32-22/h4-7,9-16H,3,8H2,1-2H3,(H,26,30). The highest BCUT2D eigenvalue weighted by molar-refractivity contribution is 7.12. The van der Waals surface area contributed by atoms with Crippen molar-refractivity contribution >= 4 is 28.9 Å². The number of esters is 1. The van der Waals surface area contributed by atoms with Gasteiger partial charge < -0.3 is 10.1 Å². The molecule has 7 heteroatoms. The van der Waals surface area contributed by atoms with Gasteiger partial charge in [-0.2, -0.15) is 9.78 Å². The predicted octanol–water partition coefficient (Wildman–Crippen LogP) is 5.73. The minimum Gasteiger partial charge on any atom is -0.407 e. The molecule has 4 rings (SSSR count). The van der Waals surface area contributed by atoms with Crippen LogP contribution in [0, 0.1) is 0 Å². The molecule has 0 spiro atoms. The molecule has 0 aliphatic heterocycles. The maximum absolute atomic E-state index is 12.3. The van der Waals surface area contributed by atoms with Crippen LogP contribution in [0.25, 0.3) is 16.8 Å². The van der Waals surface area contributed by atoms with Crippen molar-refractivity contribution in [3.63, 3.8) is 0 Å². The summed E-state index contributed by atoms with van der Waals surface area (Å²) in [6, 6.07) is 20.7. The Morgan fingerprint density at radius 3 is 2.41 bits per heavy atom. The van der Waals surface area contributed by atoms with Gasteiger partial charge in [-0.25, -0.2) is 0 Å². The fourth-order valence-corrected chi connectivity index (χ4v) is 4.06. The number of anilines is 1. The first-order valence-corrected chi connectivity index (χ1v) is 11.3. The van der Waals surface area contributed by atoms with E-state index in [-0.39, 0.29) is 5.91 Å². The third-order valence-corrected chi connectivity index (χ3v) is 5.69. The third kappa shape index (κ3) is 4.63. The molecule has 2 heterocycles. The van der Waals surface area contributed by atoms with E-state index in [0.717, 1.165) is 35.3 Å². The van der Waals surface area contributed by atoms with E-state index in [1.807, 2.05) is 66.0 Å². The van der Waals surface area contributed by atoms with Crippen LogP contribution in [0.1, 0.15) is 35.6 Å². The summed E-state index contributed by atoms with van der Waals surface area (Å²) < 4.78 is 7.32. The highest BCUT2D eigenvalue weighted by Crippen LogP contribution is 2.37. The normalized spacial score (nSPS) is 10.7. The van der Waals surface area contributed by atoms with Crippen molar-refractivity contribution in [1.82, 2.24) is 9.78 Å². The first kappa shape index (κ1) is 21.5. The zero-order valence-electron chi connectivity index (χ0n) is 17.9. The number of carbonyl (C=O) groups is 2. The van der Waals surface area contributed by atoms with Crippen LogP contribution < -0.4 is 10.1 Å². The zero-order valence-corrected chi connectivity index (χ0v) is 18.7. The molecule has 0 atom stereocenters. The highest BCUT2D eigenvalue weighted by atomic mass is 32.1. The van der Waals surface area contributed by atoms with Gasteiger partial charge >= 0.3 is 5.97 Å². The van der Waals surface area contributed by atoms with E-state index in [9.17, 15) is 9.59 Å². The first-order chi connectivity index (χ1) is 15.6. The number of hydrogen-bond acceptors (Lipinski definition) is 5. The number of ether oxygens (including phenoxy) is 1. The molecule has 0 bridgehead atoms. The van der Waals surface area contributed by atoms with Crippen molar-refractivity contribution in [2.45, 2.75) is 26.7 Å². The highest BCUT2D eigenvalue weighted by Gasteiger charge is 2.23. The van der Waals surface area contributed by atoms with Gasteiger partial charge in [0.05, 0.1) is 21.8 Å². The van der Waals surface area contributed by atoms with Crippen LogP contribution in [-0.4, -0.2) is 21.7 Å². The van der Waals surface area contributed by atoms with Crippen LogP contribution in [0.5, 0.6) is 5.88 Å². The van der Waals surface area contributed by atoms with Crippen LogP contribution in [0.2, 0.25) is 0 Å². The Labute approximate surface area is 190 Å². The first-order valence-electron chi connectivity index (χ1n) is 10.4. The summed E-state index contributed by atoms with van der Waals surface area (Å²) in [5.41, 5.74) is 3.99. The summed E-state index contributed by atoms with van der Waals surface area (Å²) in [5, 5.41) is 9.55. The van der Waals surface area contributed by atoms with Gasteiger partial charge in [0.1, 0.15) is 0 Å². The molecular weight excluding hydrogens is 422 g/mol. The Kier molecular flexibility index (Phi) is 6.47. The lowest BCUT2D eigenvalue weighted by molar-refractivity contribution is -0.132. The molecule has 0 unspecified atom stereocenters. The van der Waals surface area contributed by atoms with E-state index >= 15 is 0 Å². The second-order valence-electron chi connectivity index (χ2n) is 7.23. The predicted molar refractivity (Wildman–Crippen MR) is 127 cm³/mol. The number of aromatic nitrogens is 2. The van der Waals surface area contributed by atoms with Crippen LogP contribution in [0.3, 0.4) is 0 Å². The second-order valence-corrected chi connectivity index (χ2v) is 8.17. The SMILES string of the molecule is CCCc1nn(-c2ccccc2)c(OC(C)=O)c1-c1ccc(NC(=O)c2cccs2)cc1. The third-order valence-electron chi connectivity index (χ3n) is 4.82. The number of benzene rings is 2. The minimum atomic E-state index is -0.411. The van der Waals surface area contributed by atoms with Crippen molar-refractivity contribution in [2.24, 2.45) is 0 Å². The molecule has 6 nitrogen and oxygen atoms in total. The van der Waals surface area contributed by atoms with E-state index in [0.29, 0.717) is 16.4 Å². The van der Waals surface area contributed by atoms with E-state index in [1.54, 1.807) is 10.7 Å². The lowest BCUT2D eigenvalue weighted by atomic mass is 10.0. The summed E-state index contributed by atoms with van der Waals surface area (Å²) in [5.74, 6) is -0.161. The van der Waals surface area contributed by atoms with Gasteiger partial charge in [-0.3, -0.25) is 9.59 Å². The largest absolute Gasteiger partial charge is 0.407 e. The number of aryl methyl sites for hydroxylation is 1. The molecule has 0 aliphatic rings. The molecule has 0 aliphatic carbocycles. The van der Waals surface area contributed by atoms with Gasteiger partial charge in [0.2, 0.25) is 5.88 Å². The summed E-state index contributed by atoms with van der Waals surface area (Å²) in [6.45, 7) is 3.47. The number of carbonyl (C=O) groups excluding carboxylic acids is 2. The number of nitrogens with one attached hydrogen (secondary N) is 1. The molecule has 4 aromatic rings. The summed E-state index contributed by atoms with van der Waals surface area (Å²) >= 11 is 1.39. The topological polar surface area (TPSA) is 73.2 Å². The average molecular weight is 446 g/mol. The van der Waals surface area contributed by atoms with Gasteiger partial charge in [-0.15, -0.1) is 11.3 Å². The number of thiophene rings is 1. The molecule has 32 heavy (non-hydrogen) atoms. The van der Waals surface area contributed by atoms with Crippen molar-refractivity contribution in [2.75, 3.05) is 5.32 Å². The molecule has 0 saturated carbocycles. The number of nitrogens with zero attached hydrogens (tertiary/aromatic N) is 2. The van der Waals surface area contributed by atoms with E-state index in [1.165, 1.54) is 18.3 Å². The Morgan fingerprint density at radius 1 is 1.03 bits per heavy atom. The number of amides is 1. The van der Waals surface area contributed by atoms with Gasteiger partial charge in [-0.1, -0.05) is 49.7 Å². The number of hydrogen-bond donors (Lipinski definition) is 1. The number of para-hydroxylation sites is 1. The fraction of sp³-hybridized carbons (Fsp3) is 0.160. The van der Waals surface area contributed by atoms with Crippen LogP contribution >= 0.6 is 11.3 Å². The van der Waals surface area contributed by atoms with Crippen LogP contribution in [0.15, 0.2) is 72.1 Å². The quantitative estimate of drug-likeness (QED) is 0.369. The average Bonchev–Trinajstić information content (AvgIpc) is 3.44. The number of rotatable bonds is 7. The molecule has 0 radical (unpaired) electrons. The second kappa shape index (κ2) is 9.62. The Balaban J connectivity index is 1.73. The van der Waals surface area contributed by atoms with Crippen LogP contribution in [0.4, 0.5) is 5.69 Å². The van der Waals surface area contributed by atoms with E-state index < -0.39 is 5.97 Å². The molecule has 1 N–H and O–H groups in total. The smallest absolute Gasteiger partial charge is 0.309 e. The van der Waals surface area contributed by atoms with Gasteiger partial charge in [0.25, 0.3) is 5.91 Å². The van der Waals surface area contributed by atoms with Crippen LogP contribution in [-0.2, 0) is 11.2 Å². The molecule has 0 fully saturated rings. The summed E-state index contributed by atoms with van der Waals surface area (Å²) in [4.78, 5) is 24.9. The fourth-order valence-electron chi connectivity index (χ4n) is 3.44. The van der Waals surface area contributed by atoms with Crippen molar-refractivity contribution < 1.29 is 14.3 Å². The van der Waals surface area contributed by atoms with Crippen molar-refractivity contribution in [3.05, 3.63) is 82.7 Å².